The minimum absolute atomic E-state index is 0.146. The molecule has 1 unspecified atom stereocenters. The van der Waals surface area contributed by atoms with Crippen LogP contribution >= 0.6 is 24.0 Å². The number of thioether (sulfide) groups is 1. The lowest BCUT2D eigenvalue weighted by atomic mass is 9.97. The number of thiocarbonyl (C=S) groups is 1. The van der Waals surface area contributed by atoms with E-state index in [1.165, 1.54) is 16.0 Å². The molecule has 0 heterocycles. The smallest absolute Gasteiger partial charge is 0.171 e. The number of ether oxygens (including phenoxy) is 1. The average Bonchev–Trinajstić information content (AvgIpc) is 2.78. The summed E-state index contributed by atoms with van der Waals surface area (Å²) in [5, 5.41) is 7.45. The van der Waals surface area contributed by atoms with Gasteiger partial charge in [-0.1, -0.05) is 56.3 Å². The van der Waals surface area contributed by atoms with Crippen molar-refractivity contribution in [3.05, 3.63) is 90.0 Å². The van der Waals surface area contributed by atoms with Gasteiger partial charge in [-0.3, -0.25) is 0 Å². The lowest BCUT2D eigenvalue weighted by Crippen LogP contribution is -2.33. The van der Waals surface area contributed by atoms with E-state index in [9.17, 15) is 0 Å². The van der Waals surface area contributed by atoms with Crippen molar-refractivity contribution in [3.63, 3.8) is 0 Å². The standard InChI is InChI=1S/C26H30N2OS2/c1-19(2)17-25(21-11-15-23(29-3)16-12-21)28-26(30)27-22-13-9-20(10-14-22)18-31-24-7-5-4-6-8-24/h4-16,19,25H,17-18H2,1-3H3,(H2,27,28,30). The zero-order valence-electron chi connectivity index (χ0n) is 18.3. The first-order chi connectivity index (χ1) is 15.0. The number of hydrogen-bond donors (Lipinski definition) is 2. The molecular formula is C26H30N2OS2. The highest BCUT2D eigenvalue weighted by Crippen LogP contribution is 2.25. The fourth-order valence-corrected chi connectivity index (χ4v) is 4.41. The first kappa shape index (κ1) is 23.2. The summed E-state index contributed by atoms with van der Waals surface area (Å²) in [4.78, 5) is 1.28. The van der Waals surface area contributed by atoms with Crippen LogP contribution in [-0.2, 0) is 5.75 Å². The van der Waals surface area contributed by atoms with E-state index in [1.807, 2.05) is 30.0 Å². The van der Waals surface area contributed by atoms with E-state index >= 15 is 0 Å². The Morgan fingerprint density at radius 2 is 1.61 bits per heavy atom. The number of rotatable bonds is 9. The molecule has 0 saturated heterocycles. The lowest BCUT2D eigenvalue weighted by molar-refractivity contribution is 0.414. The minimum atomic E-state index is 0.146. The van der Waals surface area contributed by atoms with Crippen molar-refractivity contribution in [2.75, 3.05) is 12.4 Å². The highest BCUT2D eigenvalue weighted by Gasteiger charge is 2.15. The van der Waals surface area contributed by atoms with Gasteiger partial charge in [-0.2, -0.15) is 0 Å². The fourth-order valence-electron chi connectivity index (χ4n) is 3.28. The highest BCUT2D eigenvalue weighted by atomic mass is 32.2. The first-order valence-electron chi connectivity index (χ1n) is 10.5. The molecule has 31 heavy (non-hydrogen) atoms. The third-order valence-electron chi connectivity index (χ3n) is 4.89. The van der Waals surface area contributed by atoms with Gasteiger partial charge in [-0.25, -0.2) is 0 Å². The SMILES string of the molecule is COc1ccc(C(CC(C)C)NC(=S)Nc2ccc(CSc3ccccc3)cc2)cc1. The van der Waals surface area contributed by atoms with Crippen molar-refractivity contribution in [2.24, 2.45) is 5.92 Å². The number of hydrogen-bond acceptors (Lipinski definition) is 3. The first-order valence-corrected chi connectivity index (χ1v) is 11.9. The van der Waals surface area contributed by atoms with Gasteiger partial charge in [-0.15, -0.1) is 11.8 Å². The normalized spacial score (nSPS) is 11.7. The minimum Gasteiger partial charge on any atom is -0.497 e. The van der Waals surface area contributed by atoms with E-state index in [4.69, 9.17) is 17.0 Å². The van der Waals surface area contributed by atoms with Gasteiger partial charge in [-0.05, 0) is 72.1 Å². The van der Waals surface area contributed by atoms with Crippen LogP contribution in [0.25, 0.3) is 0 Å². The topological polar surface area (TPSA) is 33.3 Å². The van der Waals surface area contributed by atoms with Gasteiger partial charge < -0.3 is 15.4 Å². The van der Waals surface area contributed by atoms with Gasteiger partial charge in [0, 0.05) is 16.3 Å². The molecule has 5 heteroatoms. The second kappa shape index (κ2) is 11.8. The molecule has 0 spiro atoms. The van der Waals surface area contributed by atoms with Crippen LogP contribution in [0.5, 0.6) is 5.75 Å². The summed E-state index contributed by atoms with van der Waals surface area (Å²) in [5.74, 6) is 2.35. The third kappa shape index (κ3) is 7.60. The van der Waals surface area contributed by atoms with Crippen LogP contribution in [-0.4, -0.2) is 12.2 Å². The van der Waals surface area contributed by atoms with Crippen molar-refractivity contribution >= 4 is 34.8 Å². The summed E-state index contributed by atoms with van der Waals surface area (Å²) < 4.78 is 5.28. The summed E-state index contributed by atoms with van der Waals surface area (Å²) in [6.45, 7) is 4.45. The number of nitrogens with one attached hydrogen (secondary N) is 2. The van der Waals surface area contributed by atoms with Gasteiger partial charge in [0.15, 0.2) is 5.11 Å². The summed E-state index contributed by atoms with van der Waals surface area (Å²) in [6, 6.07) is 27.3. The largest absolute Gasteiger partial charge is 0.497 e. The van der Waals surface area contributed by atoms with Crippen LogP contribution in [0.3, 0.4) is 0 Å². The quantitative estimate of drug-likeness (QED) is 0.269. The Hall–Kier alpha value is -2.50. The van der Waals surface area contributed by atoms with Crippen molar-refractivity contribution in [1.82, 2.24) is 5.32 Å². The molecule has 3 aromatic carbocycles. The average molecular weight is 451 g/mol. The van der Waals surface area contributed by atoms with E-state index < -0.39 is 0 Å². The summed E-state index contributed by atoms with van der Waals surface area (Å²) in [5.41, 5.74) is 3.48. The molecule has 0 fully saturated rings. The number of benzene rings is 3. The molecule has 3 aromatic rings. The molecule has 0 aliphatic heterocycles. The Kier molecular flexibility index (Phi) is 8.80. The third-order valence-corrected chi connectivity index (χ3v) is 6.19. The number of anilines is 1. The molecule has 0 aliphatic carbocycles. The van der Waals surface area contributed by atoms with Crippen LogP contribution in [0, 0.1) is 5.92 Å². The molecule has 1 atom stereocenters. The van der Waals surface area contributed by atoms with Gasteiger partial charge in [0.05, 0.1) is 13.2 Å². The molecule has 0 bridgehead atoms. The molecule has 2 N–H and O–H groups in total. The maximum atomic E-state index is 5.61. The maximum absolute atomic E-state index is 5.61. The molecule has 0 aromatic heterocycles. The van der Waals surface area contributed by atoms with Crippen LogP contribution in [0.4, 0.5) is 5.69 Å². The Labute approximate surface area is 195 Å². The molecular weight excluding hydrogens is 420 g/mol. The molecule has 0 saturated carbocycles. The Bertz CT molecular complexity index is 941. The van der Waals surface area contributed by atoms with E-state index in [1.54, 1.807) is 7.11 Å². The van der Waals surface area contributed by atoms with Crippen LogP contribution in [0.2, 0.25) is 0 Å². The number of methoxy groups -OCH3 is 1. The van der Waals surface area contributed by atoms with Crippen molar-refractivity contribution in [3.8, 4) is 5.75 Å². The monoisotopic (exact) mass is 450 g/mol. The predicted octanol–water partition coefficient (Wildman–Crippen LogP) is 7.06. The summed E-state index contributed by atoms with van der Waals surface area (Å²) in [7, 11) is 1.68. The maximum Gasteiger partial charge on any atom is 0.171 e. The Morgan fingerprint density at radius 3 is 2.23 bits per heavy atom. The molecule has 3 rings (SSSR count). The molecule has 0 aliphatic rings. The predicted molar refractivity (Wildman–Crippen MR) is 137 cm³/mol. The van der Waals surface area contributed by atoms with Gasteiger partial charge in [0.1, 0.15) is 5.75 Å². The molecule has 162 valence electrons. The van der Waals surface area contributed by atoms with Crippen molar-refractivity contribution in [2.45, 2.75) is 37.0 Å². The summed E-state index contributed by atoms with van der Waals surface area (Å²) >= 11 is 7.45. The second-order valence-electron chi connectivity index (χ2n) is 7.85. The molecule has 0 radical (unpaired) electrons. The zero-order valence-corrected chi connectivity index (χ0v) is 19.9. The van der Waals surface area contributed by atoms with Crippen molar-refractivity contribution < 1.29 is 4.74 Å². The van der Waals surface area contributed by atoms with E-state index in [0.717, 1.165) is 23.6 Å². The molecule has 0 amide bonds. The second-order valence-corrected chi connectivity index (χ2v) is 9.31. The molecule has 3 nitrogen and oxygen atoms in total. The van der Waals surface area contributed by atoms with E-state index in [0.29, 0.717) is 11.0 Å². The van der Waals surface area contributed by atoms with E-state index in [2.05, 4.69) is 85.1 Å². The zero-order chi connectivity index (χ0) is 22.1. The van der Waals surface area contributed by atoms with Crippen LogP contribution in [0.15, 0.2) is 83.8 Å². The van der Waals surface area contributed by atoms with Crippen molar-refractivity contribution in [1.29, 1.82) is 0 Å². The van der Waals surface area contributed by atoms with Gasteiger partial charge in [0.25, 0.3) is 0 Å². The van der Waals surface area contributed by atoms with Crippen LogP contribution < -0.4 is 15.4 Å². The highest BCUT2D eigenvalue weighted by molar-refractivity contribution is 7.98. The fraction of sp³-hybridized carbons (Fsp3) is 0.269. The Morgan fingerprint density at radius 1 is 0.935 bits per heavy atom. The summed E-state index contributed by atoms with van der Waals surface area (Å²) in [6.07, 6.45) is 0.990. The Balaban J connectivity index is 1.57. The van der Waals surface area contributed by atoms with Gasteiger partial charge in [0.2, 0.25) is 0 Å². The lowest BCUT2D eigenvalue weighted by Gasteiger charge is -2.23. The van der Waals surface area contributed by atoms with Gasteiger partial charge >= 0.3 is 0 Å². The van der Waals surface area contributed by atoms with E-state index in [-0.39, 0.29) is 6.04 Å². The van der Waals surface area contributed by atoms with Crippen LogP contribution in [0.1, 0.15) is 37.4 Å².